The van der Waals surface area contributed by atoms with E-state index in [-0.39, 0.29) is 5.78 Å². The normalized spacial score (nSPS) is 18.5. The Kier molecular flexibility index (Phi) is 2.97. The highest BCUT2D eigenvalue weighted by Crippen LogP contribution is 2.28. The van der Waals surface area contributed by atoms with Crippen molar-refractivity contribution in [2.24, 2.45) is 0 Å². The third-order valence-corrected chi connectivity index (χ3v) is 2.70. The number of hydrogen-bond donors (Lipinski definition) is 1. The van der Waals surface area contributed by atoms with Crippen molar-refractivity contribution in [2.75, 3.05) is 0 Å². The van der Waals surface area contributed by atoms with Gasteiger partial charge in [0, 0.05) is 6.42 Å². The van der Waals surface area contributed by atoms with Crippen LogP contribution in [0.4, 0.5) is 0 Å². The minimum Gasteiger partial charge on any atom is -0.384 e. The van der Waals surface area contributed by atoms with E-state index < -0.39 is 6.10 Å². The summed E-state index contributed by atoms with van der Waals surface area (Å²) in [5, 5.41) is 10.0. The maximum absolute atomic E-state index is 11.2. The highest BCUT2D eigenvalue weighted by Gasteiger charge is 2.17. The molecule has 2 rings (SSSR count). The number of rotatable bonds is 2. The van der Waals surface area contributed by atoms with Crippen LogP contribution in [0.2, 0.25) is 0 Å². The molecule has 0 bridgehead atoms. The third-order valence-electron chi connectivity index (χ3n) is 2.70. The van der Waals surface area contributed by atoms with E-state index in [1.165, 1.54) is 0 Å². The Hall–Kier alpha value is -1.41. The number of hydrogen-bond acceptors (Lipinski definition) is 2. The lowest BCUT2D eigenvalue weighted by atomic mass is 9.91. The van der Waals surface area contributed by atoms with Crippen LogP contribution < -0.4 is 0 Å². The summed E-state index contributed by atoms with van der Waals surface area (Å²) in [7, 11) is 0. The van der Waals surface area contributed by atoms with E-state index in [9.17, 15) is 9.90 Å². The number of benzene rings is 1. The molecule has 0 heterocycles. The number of aliphatic hydroxyl groups is 1. The van der Waals surface area contributed by atoms with Crippen molar-refractivity contribution in [1.29, 1.82) is 0 Å². The first-order chi connectivity index (χ1) is 7.27. The summed E-state index contributed by atoms with van der Waals surface area (Å²) < 4.78 is 0. The number of carbonyl (C=O) groups excluding carboxylic acids is 1. The van der Waals surface area contributed by atoms with Gasteiger partial charge in [-0.3, -0.25) is 4.79 Å². The van der Waals surface area contributed by atoms with E-state index in [1.807, 2.05) is 30.3 Å². The summed E-state index contributed by atoms with van der Waals surface area (Å²) in [6.45, 7) is 0. The van der Waals surface area contributed by atoms with Crippen LogP contribution in [0.3, 0.4) is 0 Å². The number of ketones is 1. The Morgan fingerprint density at radius 2 is 1.87 bits per heavy atom. The minimum atomic E-state index is -0.615. The molecule has 0 fully saturated rings. The maximum Gasteiger partial charge on any atom is 0.155 e. The SMILES string of the molecule is O=C1C=C(C(O)c2ccccc2)CCC1. The van der Waals surface area contributed by atoms with Crippen LogP contribution in [0.15, 0.2) is 42.0 Å². The van der Waals surface area contributed by atoms with Gasteiger partial charge in [-0.05, 0) is 30.1 Å². The summed E-state index contributed by atoms with van der Waals surface area (Å²) in [6.07, 6.45) is 3.28. The van der Waals surface area contributed by atoms with Crippen LogP contribution in [0.25, 0.3) is 0 Å². The van der Waals surface area contributed by atoms with Gasteiger partial charge < -0.3 is 5.11 Å². The van der Waals surface area contributed by atoms with E-state index in [1.54, 1.807) is 6.08 Å². The second-order valence-electron chi connectivity index (χ2n) is 3.85. The molecule has 1 aliphatic rings. The first-order valence-corrected chi connectivity index (χ1v) is 5.23. The summed E-state index contributed by atoms with van der Waals surface area (Å²) in [6, 6.07) is 9.46. The fraction of sp³-hybridized carbons (Fsp3) is 0.308. The van der Waals surface area contributed by atoms with Crippen molar-refractivity contribution in [3.8, 4) is 0 Å². The average Bonchev–Trinajstić information content (AvgIpc) is 2.29. The van der Waals surface area contributed by atoms with Crippen molar-refractivity contribution in [3.63, 3.8) is 0 Å². The van der Waals surface area contributed by atoms with Crippen LogP contribution in [0.5, 0.6) is 0 Å². The van der Waals surface area contributed by atoms with Gasteiger partial charge in [0.2, 0.25) is 0 Å². The molecular formula is C13H14O2. The van der Waals surface area contributed by atoms with Crippen molar-refractivity contribution in [2.45, 2.75) is 25.4 Å². The van der Waals surface area contributed by atoms with Crippen LogP contribution in [-0.2, 0) is 4.79 Å². The van der Waals surface area contributed by atoms with Gasteiger partial charge >= 0.3 is 0 Å². The fourth-order valence-electron chi connectivity index (χ4n) is 1.88. The fourth-order valence-corrected chi connectivity index (χ4v) is 1.88. The highest BCUT2D eigenvalue weighted by atomic mass is 16.3. The molecular weight excluding hydrogens is 188 g/mol. The number of aliphatic hydroxyl groups excluding tert-OH is 1. The molecule has 2 heteroatoms. The zero-order valence-electron chi connectivity index (χ0n) is 8.52. The van der Waals surface area contributed by atoms with Gasteiger partial charge in [0.15, 0.2) is 5.78 Å². The Balaban J connectivity index is 2.21. The zero-order valence-corrected chi connectivity index (χ0v) is 8.52. The molecule has 1 unspecified atom stereocenters. The molecule has 1 aromatic rings. The first kappa shape index (κ1) is 10.1. The molecule has 1 aromatic carbocycles. The Morgan fingerprint density at radius 3 is 2.53 bits per heavy atom. The molecule has 0 amide bonds. The molecule has 0 saturated carbocycles. The predicted octanol–water partition coefficient (Wildman–Crippen LogP) is 2.40. The van der Waals surface area contributed by atoms with Gasteiger partial charge in [-0.1, -0.05) is 30.3 Å². The summed E-state index contributed by atoms with van der Waals surface area (Å²) in [5.41, 5.74) is 1.70. The van der Waals surface area contributed by atoms with Gasteiger partial charge in [0.05, 0.1) is 0 Å². The molecule has 1 N–H and O–H groups in total. The molecule has 0 saturated heterocycles. The molecule has 1 aliphatic carbocycles. The molecule has 0 spiro atoms. The topological polar surface area (TPSA) is 37.3 Å². The van der Waals surface area contributed by atoms with E-state index in [0.29, 0.717) is 6.42 Å². The Bertz CT molecular complexity index is 379. The standard InChI is InChI=1S/C13H14O2/c14-12-8-4-7-11(9-12)13(15)10-5-2-1-3-6-10/h1-3,5-6,9,13,15H,4,7-8H2. The summed E-state index contributed by atoms with van der Waals surface area (Å²) in [4.78, 5) is 11.2. The van der Waals surface area contributed by atoms with Crippen LogP contribution in [0, 0.1) is 0 Å². The molecule has 15 heavy (non-hydrogen) atoms. The van der Waals surface area contributed by atoms with Gasteiger partial charge in [-0.25, -0.2) is 0 Å². The molecule has 78 valence electrons. The quantitative estimate of drug-likeness (QED) is 0.799. The largest absolute Gasteiger partial charge is 0.384 e. The molecule has 0 aromatic heterocycles. The highest BCUT2D eigenvalue weighted by molar-refractivity contribution is 5.91. The van der Waals surface area contributed by atoms with Gasteiger partial charge in [0.1, 0.15) is 6.10 Å². The van der Waals surface area contributed by atoms with Crippen LogP contribution in [0.1, 0.15) is 30.9 Å². The Labute approximate surface area is 89.2 Å². The number of carbonyl (C=O) groups is 1. The second kappa shape index (κ2) is 4.41. The van der Waals surface area contributed by atoms with E-state index >= 15 is 0 Å². The van der Waals surface area contributed by atoms with E-state index in [0.717, 1.165) is 24.0 Å². The zero-order chi connectivity index (χ0) is 10.7. The monoisotopic (exact) mass is 202 g/mol. The minimum absolute atomic E-state index is 0.131. The summed E-state index contributed by atoms with van der Waals surface area (Å²) >= 11 is 0. The lowest BCUT2D eigenvalue weighted by molar-refractivity contribution is -0.115. The van der Waals surface area contributed by atoms with Gasteiger partial charge in [-0.15, -0.1) is 0 Å². The smallest absolute Gasteiger partial charge is 0.155 e. The molecule has 0 aliphatic heterocycles. The first-order valence-electron chi connectivity index (χ1n) is 5.23. The molecule has 1 atom stereocenters. The molecule has 2 nitrogen and oxygen atoms in total. The van der Waals surface area contributed by atoms with Crippen LogP contribution >= 0.6 is 0 Å². The van der Waals surface area contributed by atoms with Crippen molar-refractivity contribution >= 4 is 5.78 Å². The van der Waals surface area contributed by atoms with Gasteiger partial charge in [-0.2, -0.15) is 0 Å². The van der Waals surface area contributed by atoms with Crippen molar-refractivity contribution in [3.05, 3.63) is 47.5 Å². The van der Waals surface area contributed by atoms with Gasteiger partial charge in [0.25, 0.3) is 0 Å². The summed E-state index contributed by atoms with van der Waals surface area (Å²) in [5.74, 6) is 0.131. The van der Waals surface area contributed by atoms with Crippen molar-refractivity contribution in [1.82, 2.24) is 0 Å². The molecule has 0 radical (unpaired) electrons. The number of allylic oxidation sites excluding steroid dienone is 1. The van der Waals surface area contributed by atoms with Crippen molar-refractivity contribution < 1.29 is 9.90 Å². The van der Waals surface area contributed by atoms with E-state index in [2.05, 4.69) is 0 Å². The Morgan fingerprint density at radius 1 is 1.13 bits per heavy atom. The van der Waals surface area contributed by atoms with Crippen LogP contribution in [-0.4, -0.2) is 10.9 Å². The maximum atomic E-state index is 11.2. The average molecular weight is 202 g/mol. The van der Waals surface area contributed by atoms with E-state index in [4.69, 9.17) is 0 Å². The predicted molar refractivity (Wildman–Crippen MR) is 58.3 cm³/mol. The third kappa shape index (κ3) is 2.34. The lowest BCUT2D eigenvalue weighted by Crippen LogP contribution is -2.09. The lowest BCUT2D eigenvalue weighted by Gasteiger charge is -2.18. The second-order valence-corrected chi connectivity index (χ2v) is 3.85.